The number of aromatic carboxylic acids is 1. The summed E-state index contributed by atoms with van der Waals surface area (Å²) in [6, 6.07) is 13.2. The van der Waals surface area contributed by atoms with Crippen molar-refractivity contribution in [1.29, 1.82) is 0 Å². The minimum Gasteiger partial charge on any atom is -0.478 e. The van der Waals surface area contributed by atoms with E-state index < -0.39 is 5.97 Å². The molecule has 0 aliphatic rings. The van der Waals surface area contributed by atoms with Crippen LogP contribution in [0.1, 0.15) is 27.3 Å². The highest BCUT2D eigenvalue weighted by Crippen LogP contribution is 2.19. The number of carboxylic acid groups (broad SMARTS) is 1. The van der Waals surface area contributed by atoms with Crippen molar-refractivity contribution in [3.05, 3.63) is 65.0 Å². The Morgan fingerprint density at radius 3 is 2.71 bits per heavy atom. The van der Waals surface area contributed by atoms with Gasteiger partial charge in [0.2, 0.25) is 0 Å². The Balaban J connectivity index is 2.04. The fourth-order valence-corrected chi connectivity index (χ4v) is 2.52. The lowest BCUT2D eigenvalue weighted by atomic mass is 10.0. The minimum atomic E-state index is -0.902. The minimum absolute atomic E-state index is 0.314. The molecule has 1 aromatic heterocycles. The summed E-state index contributed by atoms with van der Waals surface area (Å²) in [5.74, 6) is 0.0306. The van der Waals surface area contributed by atoms with Crippen molar-refractivity contribution in [2.75, 3.05) is 0 Å². The number of hydrogen-bond donors (Lipinski definition) is 1. The first-order chi connectivity index (χ1) is 10.1. The van der Waals surface area contributed by atoms with Crippen LogP contribution in [0, 0.1) is 6.92 Å². The fourth-order valence-electron chi connectivity index (χ4n) is 2.52. The molecule has 0 saturated carbocycles. The molecule has 0 atom stereocenters. The van der Waals surface area contributed by atoms with E-state index in [1.165, 1.54) is 0 Å². The second kappa shape index (κ2) is 5.05. The van der Waals surface area contributed by atoms with Crippen LogP contribution in [0.3, 0.4) is 0 Å². The van der Waals surface area contributed by atoms with Gasteiger partial charge in [-0.05, 0) is 42.3 Å². The molecule has 0 radical (unpaired) electrons. The van der Waals surface area contributed by atoms with E-state index in [-0.39, 0.29) is 0 Å². The summed E-state index contributed by atoms with van der Waals surface area (Å²) in [6.07, 6.45) is 0.623. The van der Waals surface area contributed by atoms with Gasteiger partial charge in [0.1, 0.15) is 5.82 Å². The maximum absolute atomic E-state index is 11.1. The van der Waals surface area contributed by atoms with E-state index in [2.05, 4.69) is 9.55 Å². The summed E-state index contributed by atoms with van der Waals surface area (Å²) in [4.78, 5) is 15.7. The van der Waals surface area contributed by atoms with Crippen molar-refractivity contribution in [1.82, 2.24) is 9.55 Å². The zero-order chi connectivity index (χ0) is 15.0. The first-order valence-corrected chi connectivity index (χ1v) is 6.79. The summed E-state index contributed by atoms with van der Waals surface area (Å²) >= 11 is 0. The molecule has 0 aliphatic heterocycles. The molecule has 0 fully saturated rings. The lowest BCUT2D eigenvalue weighted by Crippen LogP contribution is -2.03. The molecule has 4 nitrogen and oxygen atoms in total. The number of imidazole rings is 1. The summed E-state index contributed by atoms with van der Waals surface area (Å²) in [7, 11) is 1.99. The maximum atomic E-state index is 11.1. The normalized spacial score (nSPS) is 11.0. The van der Waals surface area contributed by atoms with Gasteiger partial charge in [-0.2, -0.15) is 0 Å². The highest BCUT2D eigenvalue weighted by atomic mass is 16.4. The number of carbonyl (C=O) groups is 1. The van der Waals surface area contributed by atoms with Crippen molar-refractivity contribution >= 4 is 17.0 Å². The van der Waals surface area contributed by atoms with Crippen molar-refractivity contribution in [2.24, 2.45) is 7.05 Å². The second-order valence-corrected chi connectivity index (χ2v) is 5.20. The number of para-hydroxylation sites is 2. The SMILES string of the molecule is Cc1ccc(C(=O)O)cc1Cc1nc2ccccc2n1C. The van der Waals surface area contributed by atoms with Crippen LogP contribution in [0.4, 0.5) is 0 Å². The Labute approximate surface area is 122 Å². The maximum Gasteiger partial charge on any atom is 0.335 e. The highest BCUT2D eigenvalue weighted by molar-refractivity contribution is 5.88. The number of aromatic nitrogens is 2. The molecule has 3 aromatic rings. The Hall–Kier alpha value is -2.62. The Morgan fingerprint density at radius 2 is 2.00 bits per heavy atom. The number of fused-ring (bicyclic) bond motifs is 1. The molecule has 4 heteroatoms. The smallest absolute Gasteiger partial charge is 0.335 e. The van der Waals surface area contributed by atoms with Crippen LogP contribution in [-0.4, -0.2) is 20.6 Å². The van der Waals surface area contributed by atoms with E-state index in [0.29, 0.717) is 12.0 Å². The molecule has 0 saturated heterocycles. The summed E-state index contributed by atoms with van der Waals surface area (Å²) < 4.78 is 2.06. The standard InChI is InChI=1S/C17H16N2O2/c1-11-7-8-12(17(20)21)9-13(11)10-16-18-14-5-3-4-6-15(14)19(16)2/h3-9H,10H2,1-2H3,(H,20,21). The van der Waals surface area contributed by atoms with Crippen LogP contribution in [0.25, 0.3) is 11.0 Å². The van der Waals surface area contributed by atoms with Gasteiger partial charge in [-0.25, -0.2) is 9.78 Å². The summed E-state index contributed by atoms with van der Waals surface area (Å²) in [6.45, 7) is 1.99. The van der Waals surface area contributed by atoms with Crippen LogP contribution < -0.4 is 0 Å². The van der Waals surface area contributed by atoms with Crippen molar-refractivity contribution in [3.8, 4) is 0 Å². The van der Waals surface area contributed by atoms with Gasteiger partial charge in [0.25, 0.3) is 0 Å². The molecule has 0 unspecified atom stereocenters. The largest absolute Gasteiger partial charge is 0.478 e. The topological polar surface area (TPSA) is 55.1 Å². The molecule has 1 N–H and O–H groups in total. The number of rotatable bonds is 3. The average Bonchev–Trinajstić information content (AvgIpc) is 2.78. The number of nitrogens with zero attached hydrogens (tertiary/aromatic N) is 2. The predicted molar refractivity (Wildman–Crippen MR) is 81.7 cm³/mol. The molecule has 0 spiro atoms. The van der Waals surface area contributed by atoms with Gasteiger partial charge in [0.05, 0.1) is 16.6 Å². The molecule has 3 rings (SSSR count). The quantitative estimate of drug-likeness (QED) is 0.801. The van der Waals surface area contributed by atoms with Gasteiger partial charge >= 0.3 is 5.97 Å². The monoisotopic (exact) mass is 280 g/mol. The van der Waals surface area contributed by atoms with E-state index in [0.717, 1.165) is 28.0 Å². The van der Waals surface area contributed by atoms with Gasteiger partial charge in [-0.15, -0.1) is 0 Å². The van der Waals surface area contributed by atoms with E-state index in [1.807, 2.05) is 44.3 Å². The van der Waals surface area contributed by atoms with Gasteiger partial charge in [-0.1, -0.05) is 18.2 Å². The first-order valence-electron chi connectivity index (χ1n) is 6.79. The van der Waals surface area contributed by atoms with Crippen molar-refractivity contribution < 1.29 is 9.90 Å². The third-order valence-corrected chi connectivity index (χ3v) is 3.82. The Morgan fingerprint density at radius 1 is 1.24 bits per heavy atom. The number of benzene rings is 2. The van der Waals surface area contributed by atoms with Crippen molar-refractivity contribution in [3.63, 3.8) is 0 Å². The second-order valence-electron chi connectivity index (χ2n) is 5.20. The molecule has 21 heavy (non-hydrogen) atoms. The summed E-state index contributed by atoms with van der Waals surface area (Å²) in [5, 5.41) is 9.11. The van der Waals surface area contributed by atoms with E-state index >= 15 is 0 Å². The third-order valence-electron chi connectivity index (χ3n) is 3.82. The number of hydrogen-bond acceptors (Lipinski definition) is 2. The van der Waals surface area contributed by atoms with Crippen LogP contribution >= 0.6 is 0 Å². The molecule has 106 valence electrons. The number of aryl methyl sites for hydroxylation is 2. The zero-order valence-electron chi connectivity index (χ0n) is 12.0. The molecule has 0 bridgehead atoms. The lowest BCUT2D eigenvalue weighted by Gasteiger charge is -2.07. The summed E-state index contributed by atoms with van der Waals surface area (Å²) in [5.41, 5.74) is 4.43. The molecule has 2 aromatic carbocycles. The van der Waals surface area contributed by atoms with Crippen LogP contribution in [0.2, 0.25) is 0 Å². The first kappa shape index (κ1) is 13.4. The van der Waals surface area contributed by atoms with E-state index in [9.17, 15) is 4.79 Å². The Bertz CT molecular complexity index is 834. The van der Waals surface area contributed by atoms with E-state index in [1.54, 1.807) is 12.1 Å². The van der Waals surface area contributed by atoms with Gasteiger partial charge < -0.3 is 9.67 Å². The van der Waals surface area contributed by atoms with Crippen molar-refractivity contribution in [2.45, 2.75) is 13.3 Å². The van der Waals surface area contributed by atoms with Crippen LogP contribution in [0.15, 0.2) is 42.5 Å². The van der Waals surface area contributed by atoms with Crippen LogP contribution in [-0.2, 0) is 13.5 Å². The van der Waals surface area contributed by atoms with Gasteiger partial charge in [0, 0.05) is 13.5 Å². The lowest BCUT2D eigenvalue weighted by molar-refractivity contribution is 0.0697. The Kier molecular flexibility index (Phi) is 3.22. The zero-order valence-corrected chi connectivity index (χ0v) is 12.0. The molecular formula is C17H16N2O2. The third kappa shape index (κ3) is 2.40. The van der Waals surface area contributed by atoms with Gasteiger partial charge in [-0.3, -0.25) is 0 Å². The van der Waals surface area contributed by atoms with E-state index in [4.69, 9.17) is 5.11 Å². The van der Waals surface area contributed by atoms with Crippen LogP contribution in [0.5, 0.6) is 0 Å². The molecule has 1 heterocycles. The molecule has 0 aliphatic carbocycles. The average molecular weight is 280 g/mol. The number of carboxylic acids is 1. The van der Waals surface area contributed by atoms with Gasteiger partial charge in [0.15, 0.2) is 0 Å². The predicted octanol–water partition coefficient (Wildman–Crippen LogP) is 3.17. The molecular weight excluding hydrogens is 264 g/mol. The highest BCUT2D eigenvalue weighted by Gasteiger charge is 2.11. The molecule has 0 amide bonds. The fraction of sp³-hybridized carbons (Fsp3) is 0.176.